The summed E-state index contributed by atoms with van der Waals surface area (Å²) in [5.74, 6) is 1.23. The Labute approximate surface area is 223 Å². The largest absolute Gasteiger partial charge is 0.473 e. The fraction of sp³-hybridized carbons (Fsp3) is 0.552. The summed E-state index contributed by atoms with van der Waals surface area (Å²) in [5, 5.41) is 17.3. The average Bonchev–Trinajstić information content (AvgIpc) is 3.50. The van der Waals surface area contributed by atoms with Gasteiger partial charge in [0.1, 0.15) is 18.1 Å². The fourth-order valence-electron chi connectivity index (χ4n) is 6.30. The van der Waals surface area contributed by atoms with Crippen LogP contribution in [0.15, 0.2) is 42.7 Å². The summed E-state index contributed by atoms with van der Waals surface area (Å²) in [6, 6.07) is 9.89. The lowest BCUT2D eigenvalue weighted by Crippen LogP contribution is -2.56. The van der Waals surface area contributed by atoms with Gasteiger partial charge in [0.15, 0.2) is 6.79 Å². The summed E-state index contributed by atoms with van der Waals surface area (Å²) < 4.78 is 25.2. The topological polar surface area (TPSA) is 92.6 Å². The molecule has 3 fully saturated rings. The average molecular weight is 520 g/mol. The molecule has 1 unspecified atom stereocenters. The third kappa shape index (κ3) is 5.28. The highest BCUT2D eigenvalue weighted by Crippen LogP contribution is 2.43. The molecule has 6 rings (SSSR count). The Kier molecular flexibility index (Phi) is 6.84. The van der Waals surface area contributed by atoms with E-state index in [1.807, 2.05) is 41.3 Å². The molecule has 4 atom stereocenters. The predicted octanol–water partition coefficient (Wildman–Crippen LogP) is 5.13. The van der Waals surface area contributed by atoms with E-state index < -0.39 is 0 Å². The first-order valence-electron chi connectivity index (χ1n) is 13.6. The van der Waals surface area contributed by atoms with Crippen molar-refractivity contribution in [1.82, 2.24) is 25.3 Å². The van der Waals surface area contributed by atoms with Crippen molar-refractivity contribution < 1.29 is 18.9 Å². The molecule has 1 N–H and O–H groups in total. The summed E-state index contributed by atoms with van der Waals surface area (Å²) >= 11 is 0. The SMILES string of the molecule is COCOc1cc(-c2cnn(C3CCCCO3)c2)ccc1-c1ccc(O[C@@H]2C[C@]3(C)CC[C@](C)(C2)N3)nn1. The van der Waals surface area contributed by atoms with Gasteiger partial charge in [-0.15, -0.1) is 10.2 Å². The monoisotopic (exact) mass is 519 g/mol. The molecule has 202 valence electrons. The highest BCUT2D eigenvalue weighted by molar-refractivity contribution is 5.74. The van der Waals surface area contributed by atoms with Crippen molar-refractivity contribution in [2.45, 2.75) is 82.2 Å². The van der Waals surface area contributed by atoms with Crippen LogP contribution in [0, 0.1) is 0 Å². The molecule has 1 aromatic carbocycles. The van der Waals surface area contributed by atoms with E-state index in [4.69, 9.17) is 18.9 Å². The molecule has 3 aliphatic heterocycles. The van der Waals surface area contributed by atoms with E-state index >= 15 is 0 Å². The van der Waals surface area contributed by atoms with Crippen LogP contribution in [0.5, 0.6) is 11.6 Å². The van der Waals surface area contributed by atoms with Crippen LogP contribution in [-0.4, -0.2) is 57.7 Å². The summed E-state index contributed by atoms with van der Waals surface area (Å²) in [7, 11) is 1.61. The Morgan fingerprint density at radius 3 is 2.61 bits per heavy atom. The van der Waals surface area contributed by atoms with Crippen molar-refractivity contribution in [3.63, 3.8) is 0 Å². The molecule has 0 aliphatic carbocycles. The quantitative estimate of drug-likeness (QED) is 0.410. The van der Waals surface area contributed by atoms with Crippen LogP contribution in [0.2, 0.25) is 0 Å². The number of nitrogens with zero attached hydrogens (tertiary/aromatic N) is 4. The molecule has 0 amide bonds. The zero-order valence-electron chi connectivity index (χ0n) is 22.5. The molecule has 9 nitrogen and oxygen atoms in total. The summed E-state index contributed by atoms with van der Waals surface area (Å²) in [4.78, 5) is 0. The number of fused-ring (bicyclic) bond motifs is 2. The molecular weight excluding hydrogens is 482 g/mol. The van der Waals surface area contributed by atoms with Gasteiger partial charge in [0.25, 0.3) is 0 Å². The second-order valence-electron chi connectivity index (χ2n) is 11.4. The number of nitrogens with one attached hydrogen (secondary N) is 1. The van der Waals surface area contributed by atoms with E-state index in [2.05, 4.69) is 40.5 Å². The second kappa shape index (κ2) is 10.3. The van der Waals surface area contributed by atoms with Gasteiger partial charge in [-0.2, -0.15) is 5.10 Å². The minimum atomic E-state index is 0.00254. The molecule has 2 bridgehead atoms. The zero-order chi connectivity index (χ0) is 26.2. The number of ether oxygens (including phenoxy) is 4. The van der Waals surface area contributed by atoms with Crippen LogP contribution in [0.1, 0.15) is 65.0 Å². The fourth-order valence-corrected chi connectivity index (χ4v) is 6.30. The van der Waals surface area contributed by atoms with Crippen molar-refractivity contribution >= 4 is 0 Å². The molecule has 9 heteroatoms. The van der Waals surface area contributed by atoms with Crippen molar-refractivity contribution in [1.29, 1.82) is 0 Å². The van der Waals surface area contributed by atoms with Gasteiger partial charge >= 0.3 is 0 Å². The molecule has 3 aromatic rings. The van der Waals surface area contributed by atoms with Gasteiger partial charge < -0.3 is 24.3 Å². The molecule has 5 heterocycles. The van der Waals surface area contributed by atoms with Gasteiger partial charge in [0, 0.05) is 61.0 Å². The number of aromatic nitrogens is 4. The third-order valence-corrected chi connectivity index (χ3v) is 8.09. The Bertz CT molecular complexity index is 1240. The lowest BCUT2D eigenvalue weighted by Gasteiger charge is -2.41. The maximum absolute atomic E-state index is 6.30. The first-order valence-corrected chi connectivity index (χ1v) is 13.6. The van der Waals surface area contributed by atoms with E-state index in [9.17, 15) is 0 Å². The molecule has 0 spiro atoms. The van der Waals surface area contributed by atoms with E-state index in [-0.39, 0.29) is 30.2 Å². The number of benzene rings is 1. The van der Waals surface area contributed by atoms with Gasteiger partial charge in [0.2, 0.25) is 5.88 Å². The number of hydrogen-bond donors (Lipinski definition) is 1. The first-order chi connectivity index (χ1) is 18.4. The van der Waals surface area contributed by atoms with Crippen molar-refractivity contribution in [2.24, 2.45) is 0 Å². The molecule has 3 aliphatic rings. The second-order valence-corrected chi connectivity index (χ2v) is 11.4. The van der Waals surface area contributed by atoms with E-state index in [0.29, 0.717) is 17.3 Å². The Morgan fingerprint density at radius 2 is 1.89 bits per heavy atom. The molecule has 0 saturated carbocycles. The summed E-state index contributed by atoms with van der Waals surface area (Å²) in [6.07, 6.45) is 11.6. The van der Waals surface area contributed by atoms with Crippen LogP contribution in [0.4, 0.5) is 0 Å². The van der Waals surface area contributed by atoms with Gasteiger partial charge in [0.05, 0.1) is 11.9 Å². The Hall–Kier alpha value is -3.01. The number of piperidine rings is 1. The van der Waals surface area contributed by atoms with Crippen molar-refractivity contribution in [3.05, 3.63) is 42.7 Å². The number of methoxy groups -OCH3 is 1. The smallest absolute Gasteiger partial charge is 0.233 e. The van der Waals surface area contributed by atoms with Crippen LogP contribution >= 0.6 is 0 Å². The molecular formula is C29H37N5O4. The minimum absolute atomic E-state index is 0.00254. The standard InChI is InChI=1S/C29H37N5O4/c1-28-11-12-29(2,33-28)16-22(15-28)38-26-10-9-24(31-32-26)23-8-7-20(14-25(23)37-19-35-3)21-17-30-34(18-21)27-6-4-5-13-36-27/h7-10,14,17-18,22,27,33H,4-6,11-13,15-16,19H2,1-3H3/t22-,27?,28+,29-. The number of rotatable bonds is 8. The summed E-state index contributed by atoms with van der Waals surface area (Å²) in [6.45, 7) is 5.50. The van der Waals surface area contributed by atoms with E-state index in [1.165, 1.54) is 12.8 Å². The summed E-state index contributed by atoms with van der Waals surface area (Å²) in [5.41, 5.74) is 3.83. The lowest BCUT2D eigenvalue weighted by molar-refractivity contribution is -0.0394. The lowest BCUT2D eigenvalue weighted by atomic mass is 9.86. The van der Waals surface area contributed by atoms with Crippen LogP contribution < -0.4 is 14.8 Å². The normalized spacial score (nSPS) is 28.8. The highest BCUT2D eigenvalue weighted by Gasteiger charge is 2.49. The minimum Gasteiger partial charge on any atom is -0.473 e. The highest BCUT2D eigenvalue weighted by atomic mass is 16.7. The van der Waals surface area contributed by atoms with Crippen LogP contribution in [-0.2, 0) is 9.47 Å². The van der Waals surface area contributed by atoms with Gasteiger partial charge in [-0.25, -0.2) is 4.68 Å². The maximum atomic E-state index is 6.30. The van der Waals surface area contributed by atoms with Gasteiger partial charge in [-0.05, 0) is 69.7 Å². The Balaban J connectivity index is 1.20. The molecule has 3 saturated heterocycles. The van der Waals surface area contributed by atoms with Gasteiger partial charge in [-0.1, -0.05) is 6.07 Å². The van der Waals surface area contributed by atoms with Crippen LogP contribution in [0.3, 0.4) is 0 Å². The van der Waals surface area contributed by atoms with Gasteiger partial charge in [-0.3, -0.25) is 0 Å². The van der Waals surface area contributed by atoms with Crippen molar-refractivity contribution in [2.75, 3.05) is 20.5 Å². The third-order valence-electron chi connectivity index (χ3n) is 8.09. The molecule has 38 heavy (non-hydrogen) atoms. The predicted molar refractivity (Wildman–Crippen MR) is 143 cm³/mol. The molecule has 0 radical (unpaired) electrons. The molecule has 2 aromatic heterocycles. The zero-order valence-corrected chi connectivity index (χ0v) is 22.5. The van der Waals surface area contributed by atoms with E-state index in [0.717, 1.165) is 55.4 Å². The van der Waals surface area contributed by atoms with Crippen molar-refractivity contribution in [3.8, 4) is 34.0 Å². The van der Waals surface area contributed by atoms with E-state index in [1.54, 1.807) is 7.11 Å². The van der Waals surface area contributed by atoms with Crippen LogP contribution in [0.25, 0.3) is 22.4 Å². The Morgan fingerprint density at radius 1 is 1.05 bits per heavy atom. The first kappa shape index (κ1) is 25.3. The maximum Gasteiger partial charge on any atom is 0.233 e. The number of hydrogen-bond acceptors (Lipinski definition) is 8.